The fraction of sp³-hybridized carbons (Fsp3) is 0.852. The standard InChI is InChI=1S/C27H44O2/c1-18(2)7-6-14-27(5,29)24-11-10-22-21-9-8-19-17-20(28)12-15-25(19,3)23(21)13-16-26(22,24)4/h8,20-24,28-29H,1,6-7,9-17H2,2-5H3/t20-,21-,22-,23-,24-,25-,26-,27-/m0/s1. The number of allylic oxidation sites excluding steroid dienone is 2. The first-order valence-corrected chi connectivity index (χ1v) is 12.3. The summed E-state index contributed by atoms with van der Waals surface area (Å²) in [7, 11) is 0. The van der Waals surface area contributed by atoms with Crippen molar-refractivity contribution in [1.82, 2.24) is 0 Å². The molecule has 3 fully saturated rings. The van der Waals surface area contributed by atoms with Gasteiger partial charge in [0.15, 0.2) is 0 Å². The second-order valence-electron chi connectivity index (χ2n) is 12.0. The van der Waals surface area contributed by atoms with Crippen LogP contribution in [0.5, 0.6) is 0 Å². The molecule has 8 atom stereocenters. The summed E-state index contributed by atoms with van der Waals surface area (Å²) >= 11 is 0. The highest BCUT2D eigenvalue weighted by Crippen LogP contribution is 2.67. The molecule has 0 unspecified atom stereocenters. The molecule has 0 amide bonds. The van der Waals surface area contributed by atoms with Gasteiger partial charge in [-0.3, -0.25) is 0 Å². The Kier molecular flexibility index (Phi) is 5.61. The average Bonchev–Trinajstić information content (AvgIpc) is 3.00. The Morgan fingerprint density at radius 2 is 1.93 bits per heavy atom. The van der Waals surface area contributed by atoms with Crippen LogP contribution in [0.3, 0.4) is 0 Å². The summed E-state index contributed by atoms with van der Waals surface area (Å²) in [4.78, 5) is 0. The van der Waals surface area contributed by atoms with E-state index < -0.39 is 5.60 Å². The predicted molar refractivity (Wildman–Crippen MR) is 120 cm³/mol. The molecule has 0 spiro atoms. The number of hydrogen-bond donors (Lipinski definition) is 2. The largest absolute Gasteiger partial charge is 0.393 e. The fourth-order valence-corrected chi connectivity index (χ4v) is 8.59. The maximum atomic E-state index is 11.5. The third kappa shape index (κ3) is 3.57. The van der Waals surface area contributed by atoms with Crippen molar-refractivity contribution in [2.24, 2.45) is 34.5 Å². The number of hydrogen-bond acceptors (Lipinski definition) is 2. The zero-order valence-corrected chi connectivity index (χ0v) is 19.3. The molecule has 0 aromatic carbocycles. The minimum Gasteiger partial charge on any atom is -0.393 e. The summed E-state index contributed by atoms with van der Waals surface area (Å²) in [5, 5.41) is 21.7. The van der Waals surface area contributed by atoms with Crippen LogP contribution in [0.4, 0.5) is 0 Å². The summed E-state index contributed by atoms with van der Waals surface area (Å²) in [6, 6.07) is 0. The fourth-order valence-electron chi connectivity index (χ4n) is 8.59. The minimum absolute atomic E-state index is 0.120. The van der Waals surface area contributed by atoms with Crippen LogP contribution in [0.25, 0.3) is 0 Å². The zero-order chi connectivity index (χ0) is 21.0. The summed E-state index contributed by atoms with van der Waals surface area (Å²) in [5.41, 5.74) is 2.82. The maximum absolute atomic E-state index is 11.5. The van der Waals surface area contributed by atoms with Crippen molar-refractivity contribution in [3.63, 3.8) is 0 Å². The second-order valence-corrected chi connectivity index (χ2v) is 12.0. The van der Waals surface area contributed by atoms with Crippen molar-refractivity contribution >= 4 is 0 Å². The van der Waals surface area contributed by atoms with Crippen LogP contribution < -0.4 is 0 Å². The van der Waals surface area contributed by atoms with Crippen molar-refractivity contribution in [3.05, 3.63) is 23.8 Å². The van der Waals surface area contributed by atoms with Gasteiger partial charge in [-0.1, -0.05) is 31.1 Å². The van der Waals surface area contributed by atoms with Gasteiger partial charge in [0, 0.05) is 0 Å². The Balaban J connectivity index is 1.53. The molecular weight excluding hydrogens is 356 g/mol. The van der Waals surface area contributed by atoms with Crippen LogP contribution in [-0.2, 0) is 0 Å². The summed E-state index contributed by atoms with van der Waals surface area (Å²) < 4.78 is 0. The number of rotatable bonds is 5. The topological polar surface area (TPSA) is 40.5 Å². The molecule has 0 radical (unpaired) electrons. The minimum atomic E-state index is -0.555. The van der Waals surface area contributed by atoms with Gasteiger partial charge < -0.3 is 10.2 Å². The van der Waals surface area contributed by atoms with E-state index in [1.165, 1.54) is 37.7 Å². The van der Waals surface area contributed by atoms with Gasteiger partial charge >= 0.3 is 0 Å². The normalized spacial score (nSPS) is 46.1. The van der Waals surface area contributed by atoms with Crippen LogP contribution in [0.1, 0.15) is 98.3 Å². The molecule has 164 valence electrons. The van der Waals surface area contributed by atoms with Gasteiger partial charge in [-0.25, -0.2) is 0 Å². The van der Waals surface area contributed by atoms with E-state index in [0.717, 1.165) is 56.3 Å². The van der Waals surface area contributed by atoms with Crippen LogP contribution >= 0.6 is 0 Å². The van der Waals surface area contributed by atoms with E-state index in [1.54, 1.807) is 5.57 Å². The molecule has 0 heterocycles. The van der Waals surface area contributed by atoms with Gasteiger partial charge in [0.05, 0.1) is 11.7 Å². The van der Waals surface area contributed by atoms with E-state index in [0.29, 0.717) is 11.3 Å². The SMILES string of the molecule is C=C(C)CCC[C@](C)(O)[C@H]1CC[C@H]2[C@@H]3CC=C4C[C@@H](O)CC[C@]4(C)[C@H]3CC[C@@]21C. The molecule has 29 heavy (non-hydrogen) atoms. The molecule has 3 saturated carbocycles. The Hall–Kier alpha value is -0.600. The number of aliphatic hydroxyl groups is 2. The first kappa shape index (κ1) is 21.6. The van der Waals surface area contributed by atoms with E-state index in [4.69, 9.17) is 0 Å². The molecule has 2 heteroatoms. The van der Waals surface area contributed by atoms with Crippen molar-refractivity contribution in [2.75, 3.05) is 0 Å². The molecule has 0 saturated heterocycles. The third-order valence-corrected chi connectivity index (χ3v) is 10.1. The van der Waals surface area contributed by atoms with E-state index in [9.17, 15) is 10.2 Å². The highest BCUT2D eigenvalue weighted by atomic mass is 16.3. The number of aliphatic hydroxyl groups excluding tert-OH is 1. The zero-order valence-electron chi connectivity index (χ0n) is 19.3. The summed E-state index contributed by atoms with van der Waals surface area (Å²) in [5.74, 6) is 2.73. The van der Waals surface area contributed by atoms with Gasteiger partial charge in [-0.05, 0) is 119 Å². The highest BCUT2D eigenvalue weighted by molar-refractivity contribution is 5.25. The monoisotopic (exact) mass is 400 g/mol. The van der Waals surface area contributed by atoms with Crippen molar-refractivity contribution < 1.29 is 10.2 Å². The Morgan fingerprint density at radius 3 is 2.66 bits per heavy atom. The Morgan fingerprint density at radius 1 is 1.17 bits per heavy atom. The van der Waals surface area contributed by atoms with E-state index in [1.807, 2.05) is 0 Å². The van der Waals surface area contributed by atoms with Crippen molar-refractivity contribution in [2.45, 2.75) is 110 Å². The van der Waals surface area contributed by atoms with Crippen molar-refractivity contribution in [3.8, 4) is 0 Å². The highest BCUT2D eigenvalue weighted by Gasteiger charge is 2.61. The number of fused-ring (bicyclic) bond motifs is 5. The average molecular weight is 401 g/mol. The van der Waals surface area contributed by atoms with Gasteiger partial charge in [0.25, 0.3) is 0 Å². The van der Waals surface area contributed by atoms with Crippen LogP contribution in [0.2, 0.25) is 0 Å². The van der Waals surface area contributed by atoms with Crippen LogP contribution in [0.15, 0.2) is 23.8 Å². The molecule has 4 rings (SSSR count). The molecule has 4 aliphatic carbocycles. The van der Waals surface area contributed by atoms with Gasteiger partial charge in [0.2, 0.25) is 0 Å². The van der Waals surface area contributed by atoms with Crippen LogP contribution in [-0.4, -0.2) is 21.9 Å². The molecule has 2 nitrogen and oxygen atoms in total. The second kappa shape index (κ2) is 7.52. The van der Waals surface area contributed by atoms with Crippen molar-refractivity contribution in [1.29, 1.82) is 0 Å². The third-order valence-electron chi connectivity index (χ3n) is 10.1. The molecule has 0 bridgehead atoms. The van der Waals surface area contributed by atoms with Gasteiger partial charge in [0.1, 0.15) is 0 Å². The quantitative estimate of drug-likeness (QED) is 0.522. The lowest BCUT2D eigenvalue weighted by atomic mass is 9.46. The first-order valence-electron chi connectivity index (χ1n) is 12.3. The lowest BCUT2D eigenvalue weighted by Crippen LogP contribution is -2.53. The van der Waals surface area contributed by atoms with Gasteiger partial charge in [-0.2, -0.15) is 0 Å². The van der Waals surface area contributed by atoms with E-state index >= 15 is 0 Å². The molecule has 0 aromatic heterocycles. The van der Waals surface area contributed by atoms with Crippen LogP contribution in [0, 0.1) is 34.5 Å². The lowest BCUT2D eigenvalue weighted by molar-refractivity contribution is -0.105. The van der Waals surface area contributed by atoms with E-state index in [-0.39, 0.29) is 11.5 Å². The molecule has 0 aliphatic heterocycles. The first-order chi connectivity index (χ1) is 13.6. The molecular formula is C27H44O2. The lowest BCUT2D eigenvalue weighted by Gasteiger charge is -2.59. The molecule has 0 aromatic rings. The maximum Gasteiger partial charge on any atom is 0.0653 e. The smallest absolute Gasteiger partial charge is 0.0653 e. The van der Waals surface area contributed by atoms with E-state index in [2.05, 4.69) is 40.3 Å². The Labute approximate surface area is 178 Å². The molecule has 4 aliphatic rings. The van der Waals surface area contributed by atoms with Gasteiger partial charge in [-0.15, -0.1) is 6.58 Å². The molecule has 2 N–H and O–H groups in total. The summed E-state index contributed by atoms with van der Waals surface area (Å²) in [6.07, 6.45) is 14.7. The predicted octanol–water partition coefficient (Wildman–Crippen LogP) is 6.42. The summed E-state index contributed by atoms with van der Waals surface area (Å²) in [6.45, 7) is 13.3. The Bertz CT molecular complexity index is 676.